The molecular formula is C12H16F3NO4S3. The molecule has 0 aliphatic carbocycles. The molecule has 0 N–H and O–H groups in total. The lowest BCUT2D eigenvalue weighted by atomic mass is 10.3. The molecular weight excluding hydrogens is 375 g/mol. The van der Waals surface area contributed by atoms with Gasteiger partial charge in [0.15, 0.2) is 0 Å². The fraction of sp³-hybridized carbons (Fsp3) is 0.500. The quantitative estimate of drug-likeness (QED) is 0.715. The molecule has 0 radical (unpaired) electrons. The van der Waals surface area contributed by atoms with Crippen molar-refractivity contribution in [3.05, 3.63) is 30.3 Å². The molecule has 132 valence electrons. The summed E-state index contributed by atoms with van der Waals surface area (Å²) in [4.78, 5) is 0. The number of hydrogen-bond acceptors (Lipinski definition) is 5. The molecule has 0 aliphatic heterocycles. The van der Waals surface area contributed by atoms with Crippen molar-refractivity contribution in [1.29, 1.82) is 0 Å². The van der Waals surface area contributed by atoms with Crippen LogP contribution in [0.15, 0.2) is 30.3 Å². The highest BCUT2D eigenvalue weighted by molar-refractivity contribution is 8.19. The van der Waals surface area contributed by atoms with E-state index in [-0.39, 0.29) is 9.40 Å². The molecule has 1 rings (SSSR count). The van der Waals surface area contributed by atoms with E-state index in [1.807, 2.05) is 0 Å². The molecule has 5 nitrogen and oxygen atoms in total. The lowest BCUT2D eigenvalue weighted by molar-refractivity contribution is -0.131. The Morgan fingerprint density at radius 3 is 2.04 bits per heavy atom. The second-order valence-corrected chi connectivity index (χ2v) is 10.1. The molecule has 0 aliphatic rings. The zero-order valence-corrected chi connectivity index (χ0v) is 14.8. The Labute approximate surface area is 138 Å². The highest BCUT2D eigenvalue weighted by Gasteiger charge is 2.44. The number of nitrogens with zero attached hydrogens (tertiary/aromatic N) is 1. The van der Waals surface area contributed by atoms with Crippen LogP contribution in [-0.4, -0.2) is 39.6 Å². The number of sulfonamides is 2. The number of rotatable bonds is 7. The third kappa shape index (κ3) is 5.01. The van der Waals surface area contributed by atoms with Gasteiger partial charge in [-0.3, -0.25) is 0 Å². The summed E-state index contributed by atoms with van der Waals surface area (Å²) in [5, 5.41) is 0. The average Bonchev–Trinajstić information content (AvgIpc) is 2.44. The van der Waals surface area contributed by atoms with Gasteiger partial charge in [0.25, 0.3) is 10.0 Å². The van der Waals surface area contributed by atoms with Crippen LogP contribution in [0.25, 0.3) is 0 Å². The molecule has 0 fully saturated rings. The number of para-hydroxylation sites is 1. The summed E-state index contributed by atoms with van der Waals surface area (Å²) >= 11 is 0.439. The standard InChI is InChI=1S/C12H16F3NO4S3/c1-3-22(17,18)16(10-7-5-4-6-8-10)23(19,20)11(21-2)9-12(13,14)15/h4-8,11H,3,9H2,1-2H3. The second-order valence-electron chi connectivity index (χ2n) is 4.46. The number of alkyl halides is 3. The predicted molar refractivity (Wildman–Crippen MR) is 85.3 cm³/mol. The Morgan fingerprint density at radius 2 is 1.65 bits per heavy atom. The molecule has 0 spiro atoms. The van der Waals surface area contributed by atoms with E-state index < -0.39 is 43.0 Å². The maximum Gasteiger partial charge on any atom is 0.391 e. The van der Waals surface area contributed by atoms with Gasteiger partial charge in [-0.2, -0.15) is 16.9 Å². The van der Waals surface area contributed by atoms with Crippen molar-refractivity contribution >= 4 is 37.5 Å². The van der Waals surface area contributed by atoms with E-state index in [1.54, 1.807) is 0 Å². The maximum atomic E-state index is 12.6. The van der Waals surface area contributed by atoms with Gasteiger partial charge in [-0.15, -0.1) is 11.8 Å². The Bertz CT molecular complexity index is 718. The zero-order chi connectivity index (χ0) is 17.9. The molecule has 0 heterocycles. The number of benzene rings is 1. The van der Waals surface area contributed by atoms with Gasteiger partial charge in [-0.05, 0) is 25.3 Å². The van der Waals surface area contributed by atoms with Crippen LogP contribution in [0.2, 0.25) is 0 Å². The fourth-order valence-electron chi connectivity index (χ4n) is 1.74. The zero-order valence-electron chi connectivity index (χ0n) is 12.3. The van der Waals surface area contributed by atoms with Crippen molar-refractivity contribution in [2.75, 3.05) is 15.7 Å². The summed E-state index contributed by atoms with van der Waals surface area (Å²) in [6.45, 7) is 1.22. The van der Waals surface area contributed by atoms with Crippen LogP contribution in [-0.2, 0) is 20.0 Å². The van der Waals surface area contributed by atoms with Gasteiger partial charge in [0.1, 0.15) is 4.58 Å². The monoisotopic (exact) mass is 391 g/mol. The first-order chi connectivity index (χ1) is 10.5. The minimum Gasteiger partial charge on any atom is -0.205 e. The van der Waals surface area contributed by atoms with Crippen molar-refractivity contribution in [3.63, 3.8) is 0 Å². The SMILES string of the molecule is CCS(=O)(=O)N(c1ccccc1)S(=O)(=O)C(CC(F)(F)F)SC. The maximum absolute atomic E-state index is 12.6. The number of hydrogen-bond donors (Lipinski definition) is 0. The van der Waals surface area contributed by atoms with Crippen LogP contribution in [0.3, 0.4) is 0 Å². The van der Waals surface area contributed by atoms with Gasteiger partial charge in [-0.25, -0.2) is 16.8 Å². The van der Waals surface area contributed by atoms with E-state index in [1.165, 1.54) is 43.5 Å². The van der Waals surface area contributed by atoms with Crippen LogP contribution in [0.5, 0.6) is 0 Å². The largest absolute Gasteiger partial charge is 0.391 e. The highest BCUT2D eigenvalue weighted by Crippen LogP contribution is 2.34. The van der Waals surface area contributed by atoms with Crippen molar-refractivity contribution < 1.29 is 30.0 Å². The molecule has 0 saturated heterocycles. The topological polar surface area (TPSA) is 71.5 Å². The molecule has 0 aromatic heterocycles. The molecule has 1 atom stereocenters. The summed E-state index contributed by atoms with van der Waals surface area (Å²) in [6, 6.07) is 6.78. The molecule has 11 heteroatoms. The van der Waals surface area contributed by atoms with Gasteiger partial charge >= 0.3 is 6.18 Å². The lowest BCUT2D eigenvalue weighted by Gasteiger charge is -2.27. The van der Waals surface area contributed by atoms with Gasteiger partial charge < -0.3 is 0 Å². The number of anilines is 1. The first-order valence-electron chi connectivity index (χ1n) is 6.37. The van der Waals surface area contributed by atoms with Crippen LogP contribution in [0, 0.1) is 0 Å². The van der Waals surface area contributed by atoms with Gasteiger partial charge in [0.05, 0.1) is 17.9 Å². The molecule has 0 saturated carbocycles. The molecule has 0 bridgehead atoms. The first-order valence-corrected chi connectivity index (χ1v) is 10.8. The predicted octanol–water partition coefficient (Wildman–Crippen LogP) is 2.81. The third-order valence-corrected chi connectivity index (χ3v) is 9.06. The number of thioether (sulfide) groups is 1. The minimum atomic E-state index is -4.78. The van der Waals surface area contributed by atoms with Crippen molar-refractivity contribution in [2.45, 2.75) is 24.1 Å². The Hall–Kier alpha value is -0.940. The molecule has 0 amide bonds. The van der Waals surface area contributed by atoms with Crippen LogP contribution in [0.4, 0.5) is 18.9 Å². The summed E-state index contributed by atoms with van der Waals surface area (Å²) in [7, 11) is -9.10. The van der Waals surface area contributed by atoms with E-state index in [0.29, 0.717) is 11.8 Å². The van der Waals surface area contributed by atoms with Gasteiger partial charge in [-0.1, -0.05) is 18.2 Å². The Balaban J connectivity index is 3.47. The van der Waals surface area contributed by atoms with E-state index in [0.717, 1.165) is 0 Å². The first kappa shape index (κ1) is 20.1. The Kier molecular flexibility index (Phi) is 6.39. The average molecular weight is 391 g/mol. The van der Waals surface area contributed by atoms with Crippen molar-refractivity contribution in [3.8, 4) is 0 Å². The van der Waals surface area contributed by atoms with E-state index >= 15 is 0 Å². The van der Waals surface area contributed by atoms with E-state index in [2.05, 4.69) is 0 Å². The van der Waals surface area contributed by atoms with Gasteiger partial charge in [0, 0.05) is 0 Å². The fourth-order valence-corrected chi connectivity index (χ4v) is 7.09. The smallest absolute Gasteiger partial charge is 0.205 e. The van der Waals surface area contributed by atoms with Gasteiger partial charge in [0.2, 0.25) is 10.0 Å². The summed E-state index contributed by atoms with van der Waals surface area (Å²) < 4.78 is 85.5. The molecule has 1 aromatic rings. The molecule has 1 aromatic carbocycles. The molecule has 23 heavy (non-hydrogen) atoms. The minimum absolute atomic E-state index is 0.104. The van der Waals surface area contributed by atoms with Crippen LogP contribution in [0.1, 0.15) is 13.3 Å². The van der Waals surface area contributed by atoms with Crippen molar-refractivity contribution in [2.24, 2.45) is 0 Å². The summed E-state index contributed by atoms with van der Waals surface area (Å²) in [5.41, 5.74) is -0.212. The second kappa shape index (κ2) is 7.31. The molecule has 1 unspecified atom stereocenters. The third-order valence-electron chi connectivity index (χ3n) is 2.81. The summed E-state index contributed by atoms with van der Waals surface area (Å²) in [5.74, 6) is -0.561. The highest BCUT2D eigenvalue weighted by atomic mass is 32.3. The Morgan fingerprint density at radius 1 is 1.13 bits per heavy atom. The summed E-state index contributed by atoms with van der Waals surface area (Å²) in [6.07, 6.45) is -5.19. The van der Waals surface area contributed by atoms with Crippen LogP contribution >= 0.6 is 11.8 Å². The van der Waals surface area contributed by atoms with Crippen LogP contribution < -0.4 is 3.71 Å². The van der Waals surface area contributed by atoms with E-state index in [9.17, 15) is 30.0 Å². The lowest BCUT2D eigenvalue weighted by Crippen LogP contribution is -2.43. The van der Waals surface area contributed by atoms with E-state index in [4.69, 9.17) is 0 Å². The normalized spacial score (nSPS) is 14.5. The van der Waals surface area contributed by atoms with Crippen molar-refractivity contribution in [1.82, 2.24) is 0 Å². The number of halogens is 3.